The summed E-state index contributed by atoms with van der Waals surface area (Å²) in [6.45, 7) is 3.30. The predicted octanol–water partition coefficient (Wildman–Crippen LogP) is 2.69. The molecular weight excluding hydrogens is 393 g/mol. The maximum atomic E-state index is 5.97. The maximum Gasteiger partial charge on any atom is 0.191 e. The summed E-state index contributed by atoms with van der Waals surface area (Å²) in [5.74, 6) is 0.843. The van der Waals surface area contributed by atoms with Gasteiger partial charge in [0.1, 0.15) is 0 Å². The van der Waals surface area contributed by atoms with Crippen LogP contribution < -0.4 is 10.6 Å². The molecule has 6 heteroatoms. The highest BCUT2D eigenvalue weighted by Crippen LogP contribution is 2.19. The van der Waals surface area contributed by atoms with Crippen molar-refractivity contribution in [3.8, 4) is 0 Å². The maximum absolute atomic E-state index is 5.97. The van der Waals surface area contributed by atoms with Crippen molar-refractivity contribution < 1.29 is 9.47 Å². The van der Waals surface area contributed by atoms with Gasteiger partial charge in [0.25, 0.3) is 0 Å². The first kappa shape index (κ1) is 20.0. The van der Waals surface area contributed by atoms with Crippen molar-refractivity contribution in [2.45, 2.75) is 63.6 Å². The summed E-state index contributed by atoms with van der Waals surface area (Å²) < 4.78 is 11.6. The minimum Gasteiger partial charge on any atom is -0.376 e. The van der Waals surface area contributed by atoms with Crippen molar-refractivity contribution in [1.29, 1.82) is 0 Å². The summed E-state index contributed by atoms with van der Waals surface area (Å²) in [7, 11) is 1.80. The van der Waals surface area contributed by atoms with Crippen molar-refractivity contribution in [1.82, 2.24) is 10.6 Å². The minimum absolute atomic E-state index is 0. The molecule has 1 aliphatic heterocycles. The third-order valence-electron chi connectivity index (χ3n) is 4.30. The van der Waals surface area contributed by atoms with Gasteiger partial charge in [0, 0.05) is 26.7 Å². The quantitative estimate of drug-likeness (QED) is 0.226. The summed E-state index contributed by atoms with van der Waals surface area (Å²) in [4.78, 5) is 4.23. The van der Waals surface area contributed by atoms with Gasteiger partial charge in [-0.25, -0.2) is 0 Å². The number of nitrogens with zero attached hydrogens (tertiary/aromatic N) is 1. The Morgan fingerprint density at radius 3 is 2.50 bits per heavy atom. The van der Waals surface area contributed by atoms with Gasteiger partial charge in [-0.3, -0.25) is 4.99 Å². The summed E-state index contributed by atoms with van der Waals surface area (Å²) in [6.07, 6.45) is 11.0. The lowest BCUT2D eigenvalue weighted by Gasteiger charge is -2.17. The lowest BCUT2D eigenvalue weighted by molar-refractivity contribution is 0.0467. The summed E-state index contributed by atoms with van der Waals surface area (Å²) >= 11 is 0. The van der Waals surface area contributed by atoms with Gasteiger partial charge in [-0.1, -0.05) is 25.7 Å². The number of ether oxygens (including phenoxy) is 2. The van der Waals surface area contributed by atoms with Gasteiger partial charge in [0.15, 0.2) is 5.96 Å². The fourth-order valence-corrected chi connectivity index (χ4v) is 3.04. The second-order valence-electron chi connectivity index (χ2n) is 6.00. The number of hydrogen-bond donors (Lipinski definition) is 2. The fourth-order valence-electron chi connectivity index (χ4n) is 3.04. The first-order chi connectivity index (χ1) is 10.4. The van der Waals surface area contributed by atoms with E-state index in [4.69, 9.17) is 9.47 Å². The summed E-state index contributed by atoms with van der Waals surface area (Å²) in [5.41, 5.74) is 0. The van der Waals surface area contributed by atoms with E-state index in [1.807, 2.05) is 0 Å². The molecule has 1 aliphatic carbocycles. The van der Waals surface area contributed by atoms with Gasteiger partial charge in [-0.15, -0.1) is 24.0 Å². The Bertz CT molecular complexity index is 302. The van der Waals surface area contributed by atoms with E-state index in [0.717, 1.165) is 38.7 Å². The fraction of sp³-hybridized carbons (Fsp3) is 0.938. The number of aliphatic imine (C=N–C) groups is 1. The molecule has 1 saturated carbocycles. The van der Waals surface area contributed by atoms with Gasteiger partial charge in [0.05, 0.1) is 18.8 Å². The Labute approximate surface area is 152 Å². The van der Waals surface area contributed by atoms with E-state index in [2.05, 4.69) is 15.6 Å². The summed E-state index contributed by atoms with van der Waals surface area (Å²) in [6, 6.07) is 0. The molecule has 1 unspecified atom stereocenters. The number of rotatable bonds is 6. The van der Waals surface area contributed by atoms with Crippen molar-refractivity contribution in [3.63, 3.8) is 0 Å². The second kappa shape index (κ2) is 12.4. The van der Waals surface area contributed by atoms with E-state index < -0.39 is 0 Å². The minimum atomic E-state index is 0. The van der Waals surface area contributed by atoms with E-state index >= 15 is 0 Å². The second-order valence-corrected chi connectivity index (χ2v) is 6.00. The Morgan fingerprint density at radius 1 is 1.09 bits per heavy atom. The van der Waals surface area contributed by atoms with Crippen LogP contribution in [0.4, 0.5) is 0 Å². The van der Waals surface area contributed by atoms with Gasteiger partial charge < -0.3 is 20.1 Å². The first-order valence-electron chi connectivity index (χ1n) is 8.56. The highest BCUT2D eigenvalue weighted by molar-refractivity contribution is 14.0. The number of nitrogens with one attached hydrogen (secondary N) is 2. The Balaban J connectivity index is 0.00000242. The number of halogens is 1. The largest absolute Gasteiger partial charge is 0.376 e. The normalized spacial score (nSPS) is 23.7. The molecule has 0 aromatic rings. The van der Waals surface area contributed by atoms with Gasteiger partial charge in [-0.2, -0.15) is 0 Å². The van der Waals surface area contributed by atoms with Gasteiger partial charge in [-0.05, 0) is 25.7 Å². The van der Waals surface area contributed by atoms with Crippen LogP contribution in [0, 0.1) is 0 Å². The molecule has 2 fully saturated rings. The molecule has 0 radical (unpaired) electrons. The van der Waals surface area contributed by atoms with Crippen LogP contribution in [0.1, 0.15) is 51.4 Å². The average Bonchev–Trinajstić information content (AvgIpc) is 2.89. The van der Waals surface area contributed by atoms with E-state index in [1.54, 1.807) is 7.05 Å². The van der Waals surface area contributed by atoms with Crippen LogP contribution in [-0.4, -0.2) is 51.5 Å². The van der Waals surface area contributed by atoms with Crippen molar-refractivity contribution >= 4 is 29.9 Å². The third-order valence-corrected chi connectivity index (χ3v) is 4.30. The highest BCUT2D eigenvalue weighted by Gasteiger charge is 2.15. The number of guanidine groups is 1. The molecule has 22 heavy (non-hydrogen) atoms. The van der Waals surface area contributed by atoms with Crippen LogP contribution in [0.25, 0.3) is 0 Å². The zero-order valence-electron chi connectivity index (χ0n) is 13.8. The molecule has 2 aliphatic rings. The molecule has 0 amide bonds. The van der Waals surface area contributed by atoms with Gasteiger partial charge >= 0.3 is 0 Å². The van der Waals surface area contributed by atoms with Crippen molar-refractivity contribution in [2.24, 2.45) is 4.99 Å². The molecule has 5 nitrogen and oxygen atoms in total. The van der Waals surface area contributed by atoms with E-state index in [-0.39, 0.29) is 24.0 Å². The van der Waals surface area contributed by atoms with Crippen LogP contribution in [-0.2, 0) is 9.47 Å². The lowest BCUT2D eigenvalue weighted by Crippen LogP contribution is -2.42. The predicted molar refractivity (Wildman–Crippen MR) is 101 cm³/mol. The lowest BCUT2D eigenvalue weighted by atomic mass is 10.1. The van der Waals surface area contributed by atoms with Crippen LogP contribution in [0.15, 0.2) is 4.99 Å². The van der Waals surface area contributed by atoms with E-state index in [9.17, 15) is 0 Å². The SMILES string of the molecule is CN=C(NCCOC1CCCCCC1)NCC1CCCO1.I. The van der Waals surface area contributed by atoms with Crippen LogP contribution in [0.2, 0.25) is 0 Å². The molecule has 0 aromatic heterocycles. The smallest absolute Gasteiger partial charge is 0.191 e. The monoisotopic (exact) mass is 425 g/mol. The number of hydrogen-bond acceptors (Lipinski definition) is 3. The van der Waals surface area contributed by atoms with E-state index in [1.165, 1.54) is 44.9 Å². The Hall–Kier alpha value is -0.0800. The van der Waals surface area contributed by atoms with Crippen LogP contribution >= 0.6 is 24.0 Å². The van der Waals surface area contributed by atoms with Crippen molar-refractivity contribution in [3.05, 3.63) is 0 Å². The molecule has 1 saturated heterocycles. The molecule has 2 rings (SSSR count). The Morgan fingerprint density at radius 2 is 1.86 bits per heavy atom. The zero-order chi connectivity index (χ0) is 14.8. The summed E-state index contributed by atoms with van der Waals surface area (Å²) in [5, 5.41) is 6.63. The third kappa shape index (κ3) is 7.97. The standard InChI is InChI=1S/C16H31N3O2.HI/c1-17-16(19-13-15-9-6-11-20-15)18-10-12-21-14-7-4-2-3-5-8-14;/h14-15H,2-13H2,1H3,(H2,17,18,19);1H. The molecular formula is C16H32IN3O2. The highest BCUT2D eigenvalue weighted by atomic mass is 127. The van der Waals surface area contributed by atoms with Crippen LogP contribution in [0.5, 0.6) is 0 Å². The average molecular weight is 425 g/mol. The first-order valence-corrected chi connectivity index (χ1v) is 8.56. The van der Waals surface area contributed by atoms with E-state index in [0.29, 0.717) is 12.2 Å². The molecule has 0 spiro atoms. The van der Waals surface area contributed by atoms with Gasteiger partial charge in [0.2, 0.25) is 0 Å². The topological polar surface area (TPSA) is 54.9 Å². The Kier molecular flexibility index (Phi) is 11.2. The molecule has 2 N–H and O–H groups in total. The molecule has 1 heterocycles. The molecule has 0 bridgehead atoms. The molecule has 0 aromatic carbocycles. The van der Waals surface area contributed by atoms with Crippen LogP contribution in [0.3, 0.4) is 0 Å². The van der Waals surface area contributed by atoms with Crippen molar-refractivity contribution in [2.75, 3.05) is 33.4 Å². The molecule has 130 valence electrons. The molecule has 1 atom stereocenters. The zero-order valence-corrected chi connectivity index (χ0v) is 16.1.